The van der Waals surface area contributed by atoms with Crippen molar-refractivity contribution >= 4 is 12.1 Å². The SMILES string of the molecule is O=C(NN=CC1(F)CC1)c1ccccc1. The summed E-state index contributed by atoms with van der Waals surface area (Å²) in [4.78, 5) is 11.4. The molecule has 1 N–H and O–H groups in total. The highest BCUT2D eigenvalue weighted by Crippen LogP contribution is 2.37. The number of carbonyl (C=O) groups excluding carboxylic acids is 1. The van der Waals surface area contributed by atoms with Crippen LogP contribution in [0, 0.1) is 0 Å². The normalized spacial score (nSPS) is 17.7. The Hall–Kier alpha value is -1.71. The molecular weight excluding hydrogens is 195 g/mol. The van der Waals surface area contributed by atoms with Gasteiger partial charge < -0.3 is 0 Å². The topological polar surface area (TPSA) is 41.5 Å². The van der Waals surface area contributed by atoms with E-state index in [4.69, 9.17) is 0 Å². The molecule has 1 aromatic rings. The van der Waals surface area contributed by atoms with Gasteiger partial charge in [-0.3, -0.25) is 4.79 Å². The number of carbonyl (C=O) groups is 1. The highest BCUT2D eigenvalue weighted by atomic mass is 19.1. The minimum absolute atomic E-state index is 0.323. The molecule has 3 nitrogen and oxygen atoms in total. The van der Waals surface area contributed by atoms with Crippen molar-refractivity contribution in [3.63, 3.8) is 0 Å². The van der Waals surface area contributed by atoms with Gasteiger partial charge in [-0.15, -0.1) is 0 Å². The van der Waals surface area contributed by atoms with E-state index in [2.05, 4.69) is 10.5 Å². The van der Waals surface area contributed by atoms with Gasteiger partial charge in [-0.2, -0.15) is 5.10 Å². The molecule has 0 saturated heterocycles. The molecule has 0 atom stereocenters. The summed E-state index contributed by atoms with van der Waals surface area (Å²) in [7, 11) is 0. The Morgan fingerprint density at radius 3 is 2.67 bits per heavy atom. The summed E-state index contributed by atoms with van der Waals surface area (Å²) in [6.45, 7) is 0. The fourth-order valence-electron chi connectivity index (χ4n) is 1.11. The number of rotatable bonds is 3. The van der Waals surface area contributed by atoms with Crippen molar-refractivity contribution in [3.8, 4) is 0 Å². The van der Waals surface area contributed by atoms with E-state index in [0.29, 0.717) is 18.4 Å². The van der Waals surface area contributed by atoms with Crippen molar-refractivity contribution in [2.45, 2.75) is 18.5 Å². The maximum Gasteiger partial charge on any atom is 0.271 e. The van der Waals surface area contributed by atoms with E-state index >= 15 is 0 Å². The van der Waals surface area contributed by atoms with Crippen LogP contribution in [-0.4, -0.2) is 17.8 Å². The zero-order chi connectivity index (χ0) is 10.7. The molecule has 0 aromatic heterocycles. The minimum atomic E-state index is -1.27. The van der Waals surface area contributed by atoms with Crippen LogP contribution in [0.3, 0.4) is 0 Å². The Bertz CT molecular complexity index is 385. The van der Waals surface area contributed by atoms with Crippen molar-refractivity contribution in [1.29, 1.82) is 0 Å². The maximum absolute atomic E-state index is 13.1. The minimum Gasteiger partial charge on any atom is -0.267 e. The molecule has 0 aliphatic heterocycles. The lowest BCUT2D eigenvalue weighted by molar-refractivity contribution is 0.0955. The zero-order valence-corrected chi connectivity index (χ0v) is 8.11. The molecule has 1 amide bonds. The molecular formula is C11H11FN2O. The van der Waals surface area contributed by atoms with E-state index in [-0.39, 0.29) is 5.91 Å². The number of nitrogens with one attached hydrogen (secondary N) is 1. The fourth-order valence-corrected chi connectivity index (χ4v) is 1.11. The third kappa shape index (κ3) is 2.62. The molecule has 4 heteroatoms. The third-order valence-electron chi connectivity index (χ3n) is 2.23. The molecule has 0 heterocycles. The molecule has 1 fully saturated rings. The van der Waals surface area contributed by atoms with Gasteiger partial charge in [0.2, 0.25) is 0 Å². The molecule has 0 spiro atoms. The number of halogens is 1. The molecule has 78 valence electrons. The maximum atomic E-state index is 13.1. The number of hydrogen-bond acceptors (Lipinski definition) is 2. The Morgan fingerprint density at radius 1 is 1.40 bits per heavy atom. The first-order chi connectivity index (χ1) is 7.20. The summed E-state index contributed by atoms with van der Waals surface area (Å²) in [5.74, 6) is -0.323. The van der Waals surface area contributed by atoms with Gasteiger partial charge in [0.25, 0.3) is 5.91 Å². The van der Waals surface area contributed by atoms with Crippen LogP contribution in [-0.2, 0) is 0 Å². The average Bonchev–Trinajstić information content (AvgIpc) is 2.98. The van der Waals surface area contributed by atoms with Gasteiger partial charge in [-0.1, -0.05) is 18.2 Å². The lowest BCUT2D eigenvalue weighted by Crippen LogP contribution is -2.18. The number of hydrazone groups is 1. The average molecular weight is 206 g/mol. The Balaban J connectivity index is 1.90. The van der Waals surface area contributed by atoms with Gasteiger partial charge in [0, 0.05) is 5.56 Å². The van der Waals surface area contributed by atoms with Crippen LogP contribution in [0.1, 0.15) is 23.2 Å². The molecule has 0 bridgehead atoms. The lowest BCUT2D eigenvalue weighted by Gasteiger charge is -1.99. The fraction of sp³-hybridized carbons (Fsp3) is 0.273. The van der Waals surface area contributed by atoms with Gasteiger partial charge in [-0.25, -0.2) is 9.82 Å². The second-order valence-electron chi connectivity index (χ2n) is 3.60. The van der Waals surface area contributed by atoms with E-state index in [1.165, 1.54) is 0 Å². The number of nitrogens with zero attached hydrogens (tertiary/aromatic N) is 1. The van der Waals surface area contributed by atoms with Crippen LogP contribution >= 0.6 is 0 Å². The van der Waals surface area contributed by atoms with Crippen LogP contribution in [0.4, 0.5) is 4.39 Å². The molecule has 15 heavy (non-hydrogen) atoms. The Kier molecular flexibility index (Phi) is 2.49. The zero-order valence-electron chi connectivity index (χ0n) is 8.11. The van der Waals surface area contributed by atoms with Crippen LogP contribution in [0.5, 0.6) is 0 Å². The quantitative estimate of drug-likeness (QED) is 0.595. The molecule has 1 aliphatic rings. The van der Waals surface area contributed by atoms with Gasteiger partial charge in [-0.05, 0) is 25.0 Å². The molecule has 2 rings (SSSR count). The van der Waals surface area contributed by atoms with Crippen molar-refractivity contribution in [2.24, 2.45) is 5.10 Å². The van der Waals surface area contributed by atoms with Crippen molar-refractivity contribution in [1.82, 2.24) is 5.43 Å². The monoisotopic (exact) mass is 206 g/mol. The van der Waals surface area contributed by atoms with Crippen molar-refractivity contribution in [2.75, 3.05) is 0 Å². The van der Waals surface area contributed by atoms with Crippen LogP contribution in [0.25, 0.3) is 0 Å². The summed E-state index contributed by atoms with van der Waals surface area (Å²) in [5.41, 5.74) is 1.52. The Labute approximate surface area is 87.0 Å². The number of benzene rings is 1. The first-order valence-corrected chi connectivity index (χ1v) is 4.78. The van der Waals surface area contributed by atoms with E-state index in [0.717, 1.165) is 6.21 Å². The predicted octanol–water partition coefficient (Wildman–Crippen LogP) is 1.90. The molecule has 1 saturated carbocycles. The van der Waals surface area contributed by atoms with Crippen LogP contribution < -0.4 is 5.43 Å². The highest BCUT2D eigenvalue weighted by Gasteiger charge is 2.41. The lowest BCUT2D eigenvalue weighted by atomic mass is 10.2. The summed E-state index contributed by atoms with van der Waals surface area (Å²) < 4.78 is 13.1. The molecule has 1 aliphatic carbocycles. The smallest absolute Gasteiger partial charge is 0.267 e. The van der Waals surface area contributed by atoms with Gasteiger partial charge in [0.1, 0.15) is 5.67 Å². The van der Waals surface area contributed by atoms with Crippen molar-refractivity contribution < 1.29 is 9.18 Å². The molecule has 1 aromatic carbocycles. The third-order valence-corrected chi connectivity index (χ3v) is 2.23. The van der Waals surface area contributed by atoms with Gasteiger partial charge >= 0.3 is 0 Å². The summed E-state index contributed by atoms with van der Waals surface area (Å²) in [6.07, 6.45) is 2.16. The van der Waals surface area contributed by atoms with Crippen LogP contribution in [0.2, 0.25) is 0 Å². The molecule has 0 radical (unpaired) electrons. The standard InChI is InChI=1S/C11H11FN2O/c12-11(6-7-11)8-13-14-10(15)9-4-2-1-3-5-9/h1-5,8H,6-7H2,(H,14,15). The second-order valence-corrected chi connectivity index (χ2v) is 3.60. The Morgan fingerprint density at radius 2 is 2.07 bits per heavy atom. The summed E-state index contributed by atoms with van der Waals surface area (Å²) in [6, 6.07) is 8.69. The predicted molar refractivity (Wildman–Crippen MR) is 55.5 cm³/mol. The first-order valence-electron chi connectivity index (χ1n) is 4.78. The summed E-state index contributed by atoms with van der Waals surface area (Å²) >= 11 is 0. The second kappa shape index (κ2) is 3.81. The van der Waals surface area contributed by atoms with E-state index in [9.17, 15) is 9.18 Å². The van der Waals surface area contributed by atoms with E-state index < -0.39 is 5.67 Å². The largest absolute Gasteiger partial charge is 0.271 e. The van der Waals surface area contributed by atoms with Crippen molar-refractivity contribution in [3.05, 3.63) is 35.9 Å². The van der Waals surface area contributed by atoms with E-state index in [1.54, 1.807) is 24.3 Å². The van der Waals surface area contributed by atoms with Crippen LogP contribution in [0.15, 0.2) is 35.4 Å². The highest BCUT2D eigenvalue weighted by molar-refractivity contribution is 5.94. The number of hydrogen-bond donors (Lipinski definition) is 1. The first kappa shape index (κ1) is 9.83. The van der Waals surface area contributed by atoms with Gasteiger partial charge in [0.05, 0.1) is 6.21 Å². The number of alkyl halides is 1. The van der Waals surface area contributed by atoms with E-state index in [1.807, 2.05) is 6.07 Å². The van der Waals surface area contributed by atoms with Gasteiger partial charge in [0.15, 0.2) is 0 Å². The summed E-state index contributed by atoms with van der Waals surface area (Å²) in [5, 5.41) is 3.58. The molecule has 0 unspecified atom stereocenters. The number of amides is 1.